The maximum Gasteiger partial charge on any atom is 0.336 e. The SMILES string of the molecule is CC.Cc1ccccc1-c1cc(=O)oc2cc(C(=O)O)ccc12. The fourth-order valence-corrected chi connectivity index (χ4v) is 2.39. The molecule has 0 amide bonds. The molecule has 1 N–H and O–H groups in total. The number of rotatable bonds is 2. The van der Waals surface area contributed by atoms with Crippen LogP contribution in [0.3, 0.4) is 0 Å². The molecule has 0 aliphatic carbocycles. The third kappa shape index (κ3) is 3.31. The summed E-state index contributed by atoms with van der Waals surface area (Å²) in [6.45, 7) is 5.96. The number of carboxylic acids is 1. The van der Waals surface area contributed by atoms with Gasteiger partial charge in [0.1, 0.15) is 5.58 Å². The van der Waals surface area contributed by atoms with Crippen molar-refractivity contribution in [2.75, 3.05) is 0 Å². The fraction of sp³-hybridized carbons (Fsp3) is 0.158. The number of carboxylic acid groups (broad SMARTS) is 1. The maximum absolute atomic E-state index is 11.8. The number of fused-ring (bicyclic) bond motifs is 1. The predicted molar refractivity (Wildman–Crippen MR) is 91.0 cm³/mol. The van der Waals surface area contributed by atoms with E-state index in [4.69, 9.17) is 9.52 Å². The Labute approximate surface area is 134 Å². The highest BCUT2D eigenvalue weighted by atomic mass is 16.4. The van der Waals surface area contributed by atoms with Crippen LogP contribution in [0.2, 0.25) is 0 Å². The van der Waals surface area contributed by atoms with Crippen LogP contribution in [0.4, 0.5) is 0 Å². The Kier molecular flexibility index (Phi) is 4.96. The molecule has 118 valence electrons. The van der Waals surface area contributed by atoms with Gasteiger partial charge in [-0.25, -0.2) is 9.59 Å². The highest BCUT2D eigenvalue weighted by Crippen LogP contribution is 2.29. The van der Waals surface area contributed by atoms with E-state index in [1.54, 1.807) is 6.07 Å². The number of aryl methyl sites for hydroxylation is 1. The molecule has 0 saturated heterocycles. The second-order valence-electron chi connectivity index (χ2n) is 4.81. The third-order valence-electron chi connectivity index (χ3n) is 3.43. The number of hydrogen-bond acceptors (Lipinski definition) is 3. The highest BCUT2D eigenvalue weighted by molar-refractivity contribution is 5.98. The summed E-state index contributed by atoms with van der Waals surface area (Å²) in [5.74, 6) is -1.05. The number of aromatic carboxylic acids is 1. The monoisotopic (exact) mass is 310 g/mol. The van der Waals surface area contributed by atoms with E-state index < -0.39 is 11.6 Å². The van der Waals surface area contributed by atoms with Gasteiger partial charge in [0.15, 0.2) is 0 Å². The molecule has 0 radical (unpaired) electrons. The molecular formula is C19H18O4. The summed E-state index contributed by atoms with van der Waals surface area (Å²) in [4.78, 5) is 22.8. The molecule has 1 aromatic heterocycles. The molecule has 0 fully saturated rings. The first-order valence-electron chi connectivity index (χ1n) is 7.43. The van der Waals surface area contributed by atoms with Crippen LogP contribution in [-0.2, 0) is 0 Å². The van der Waals surface area contributed by atoms with Gasteiger partial charge in [0.2, 0.25) is 0 Å². The zero-order valence-corrected chi connectivity index (χ0v) is 13.3. The van der Waals surface area contributed by atoms with Crippen LogP contribution in [0.5, 0.6) is 0 Å². The smallest absolute Gasteiger partial charge is 0.336 e. The molecule has 23 heavy (non-hydrogen) atoms. The summed E-state index contributed by atoms with van der Waals surface area (Å²) in [7, 11) is 0. The van der Waals surface area contributed by atoms with Crippen LogP contribution >= 0.6 is 0 Å². The average Bonchev–Trinajstić information content (AvgIpc) is 2.55. The molecule has 4 nitrogen and oxygen atoms in total. The third-order valence-corrected chi connectivity index (χ3v) is 3.43. The van der Waals surface area contributed by atoms with Crippen LogP contribution in [0.1, 0.15) is 29.8 Å². The average molecular weight is 310 g/mol. The first kappa shape index (κ1) is 16.5. The second kappa shape index (κ2) is 6.92. The topological polar surface area (TPSA) is 67.5 Å². The van der Waals surface area contributed by atoms with Crippen LogP contribution in [-0.4, -0.2) is 11.1 Å². The molecule has 1 heterocycles. The van der Waals surface area contributed by atoms with Crippen molar-refractivity contribution < 1.29 is 14.3 Å². The first-order chi connectivity index (χ1) is 11.1. The van der Waals surface area contributed by atoms with Crippen molar-refractivity contribution in [3.8, 4) is 11.1 Å². The van der Waals surface area contributed by atoms with Gasteiger partial charge in [-0.1, -0.05) is 38.1 Å². The van der Waals surface area contributed by atoms with E-state index in [0.717, 1.165) is 16.7 Å². The lowest BCUT2D eigenvalue weighted by molar-refractivity contribution is 0.0697. The Morgan fingerprint density at radius 1 is 1.00 bits per heavy atom. The highest BCUT2D eigenvalue weighted by Gasteiger charge is 2.12. The van der Waals surface area contributed by atoms with E-state index >= 15 is 0 Å². The number of carbonyl (C=O) groups is 1. The number of benzene rings is 2. The quantitative estimate of drug-likeness (QED) is 0.708. The van der Waals surface area contributed by atoms with E-state index in [2.05, 4.69) is 0 Å². The zero-order chi connectivity index (χ0) is 17.0. The van der Waals surface area contributed by atoms with Crippen LogP contribution in [0, 0.1) is 6.92 Å². The van der Waals surface area contributed by atoms with Gasteiger partial charge < -0.3 is 9.52 Å². The van der Waals surface area contributed by atoms with Crippen molar-refractivity contribution in [1.29, 1.82) is 0 Å². The van der Waals surface area contributed by atoms with Gasteiger partial charge in [-0.2, -0.15) is 0 Å². The fourth-order valence-electron chi connectivity index (χ4n) is 2.39. The van der Waals surface area contributed by atoms with Gasteiger partial charge in [-0.15, -0.1) is 0 Å². The van der Waals surface area contributed by atoms with Crippen molar-refractivity contribution in [2.45, 2.75) is 20.8 Å². The minimum absolute atomic E-state index is 0.0904. The first-order valence-corrected chi connectivity index (χ1v) is 7.43. The molecule has 0 unspecified atom stereocenters. The van der Waals surface area contributed by atoms with Gasteiger partial charge in [-0.3, -0.25) is 0 Å². The van der Waals surface area contributed by atoms with Gasteiger partial charge in [0.05, 0.1) is 5.56 Å². The molecule has 0 saturated carbocycles. The molecule has 0 spiro atoms. The summed E-state index contributed by atoms with van der Waals surface area (Å²) in [5.41, 5.74) is 2.58. The molecule has 0 atom stereocenters. The van der Waals surface area contributed by atoms with Crippen molar-refractivity contribution in [3.05, 3.63) is 70.1 Å². The standard InChI is InChI=1S/C17H12O4.C2H6/c1-10-4-2-3-5-12(10)14-9-16(18)21-15-8-11(17(19)20)6-7-13(14)15;1-2/h2-9H,1H3,(H,19,20);1-2H3. The van der Waals surface area contributed by atoms with Crippen molar-refractivity contribution >= 4 is 16.9 Å². The summed E-state index contributed by atoms with van der Waals surface area (Å²) < 4.78 is 5.14. The van der Waals surface area contributed by atoms with Crippen LogP contribution in [0.15, 0.2) is 57.7 Å². The van der Waals surface area contributed by atoms with Crippen LogP contribution in [0.25, 0.3) is 22.1 Å². The van der Waals surface area contributed by atoms with Gasteiger partial charge in [-0.05, 0) is 36.2 Å². The Bertz CT molecular complexity index is 907. The summed E-state index contributed by atoms with van der Waals surface area (Å²) in [6.07, 6.45) is 0. The molecule has 2 aromatic carbocycles. The maximum atomic E-state index is 11.8. The lowest BCUT2D eigenvalue weighted by atomic mass is 9.97. The molecule has 0 bridgehead atoms. The largest absolute Gasteiger partial charge is 0.478 e. The zero-order valence-electron chi connectivity index (χ0n) is 13.3. The lowest BCUT2D eigenvalue weighted by Gasteiger charge is -2.08. The Morgan fingerprint density at radius 3 is 2.35 bits per heavy atom. The Morgan fingerprint density at radius 2 is 1.70 bits per heavy atom. The van der Waals surface area contributed by atoms with Gasteiger partial charge >= 0.3 is 11.6 Å². The molecule has 3 rings (SSSR count). The normalized spacial score (nSPS) is 10.0. The lowest BCUT2D eigenvalue weighted by Crippen LogP contribution is -2.01. The molecule has 3 aromatic rings. The van der Waals surface area contributed by atoms with Crippen molar-refractivity contribution in [2.24, 2.45) is 0 Å². The van der Waals surface area contributed by atoms with Gasteiger partial charge in [0.25, 0.3) is 0 Å². The van der Waals surface area contributed by atoms with E-state index in [1.165, 1.54) is 18.2 Å². The minimum Gasteiger partial charge on any atom is -0.478 e. The minimum atomic E-state index is -1.05. The summed E-state index contributed by atoms with van der Waals surface area (Å²) in [5, 5.41) is 9.74. The van der Waals surface area contributed by atoms with Gasteiger partial charge in [0, 0.05) is 17.0 Å². The summed E-state index contributed by atoms with van der Waals surface area (Å²) in [6, 6.07) is 13.7. The van der Waals surface area contributed by atoms with Crippen LogP contribution < -0.4 is 5.63 Å². The van der Waals surface area contributed by atoms with E-state index in [-0.39, 0.29) is 11.1 Å². The molecule has 4 heteroatoms. The van der Waals surface area contributed by atoms with Crippen molar-refractivity contribution in [1.82, 2.24) is 0 Å². The predicted octanol–water partition coefficient (Wildman–Crippen LogP) is 4.49. The molecule has 0 aliphatic rings. The Balaban J connectivity index is 0.000000924. The van der Waals surface area contributed by atoms with Crippen molar-refractivity contribution in [3.63, 3.8) is 0 Å². The summed E-state index contributed by atoms with van der Waals surface area (Å²) >= 11 is 0. The number of hydrogen-bond donors (Lipinski definition) is 1. The second-order valence-corrected chi connectivity index (χ2v) is 4.81. The van der Waals surface area contributed by atoms with E-state index in [0.29, 0.717) is 5.39 Å². The molecular weight excluding hydrogens is 292 g/mol. The van der Waals surface area contributed by atoms with E-state index in [1.807, 2.05) is 45.0 Å². The molecule has 0 aliphatic heterocycles. The van der Waals surface area contributed by atoms with E-state index in [9.17, 15) is 9.59 Å². The Hall–Kier alpha value is -2.88.